The normalized spacial score (nSPS) is 17.7. The molecule has 1 aromatic heterocycles. The predicted octanol–water partition coefficient (Wildman–Crippen LogP) is 11.7. The lowest BCUT2D eigenvalue weighted by atomic mass is 9.76. The fourth-order valence-corrected chi connectivity index (χ4v) is 16.9. The first kappa shape index (κ1) is 51.0. The molecule has 380 valence electrons. The molecular weight excluding hydrogens is 934 g/mol. The van der Waals surface area contributed by atoms with Crippen LogP contribution in [0.25, 0.3) is 33.2 Å². The van der Waals surface area contributed by atoms with Crippen LogP contribution in [0, 0.1) is 24.7 Å². The molecule has 1 saturated carbocycles. The zero-order valence-electron chi connectivity index (χ0n) is 43.2. The van der Waals surface area contributed by atoms with Gasteiger partial charge < -0.3 is 15.7 Å². The quantitative estimate of drug-likeness (QED) is 0.0444. The smallest absolute Gasteiger partial charge is 0.261 e. The van der Waals surface area contributed by atoms with Gasteiger partial charge in [0.2, 0.25) is 5.91 Å². The van der Waals surface area contributed by atoms with Crippen LogP contribution >= 0.6 is 7.26 Å². The molecule has 1 aliphatic heterocycles. The lowest BCUT2D eigenvalue weighted by Gasteiger charge is -2.29. The third kappa shape index (κ3) is 10.6. The number of amides is 3. The van der Waals surface area contributed by atoms with Crippen LogP contribution in [0.2, 0.25) is 0 Å². The van der Waals surface area contributed by atoms with Crippen molar-refractivity contribution in [3.63, 3.8) is 0 Å². The van der Waals surface area contributed by atoms with Gasteiger partial charge in [0.05, 0.1) is 17.5 Å². The molecule has 10 heteroatoms. The molecule has 7 aromatic rings. The van der Waals surface area contributed by atoms with Crippen LogP contribution in [0.1, 0.15) is 115 Å². The monoisotopic (exact) mass is 1000 g/mol. The van der Waals surface area contributed by atoms with Gasteiger partial charge in [-0.05, 0) is 184 Å². The van der Waals surface area contributed by atoms with Gasteiger partial charge in [0.1, 0.15) is 23.2 Å². The Bertz CT molecular complexity index is 3010. The Labute approximate surface area is 438 Å². The Kier molecular flexibility index (Phi) is 16.1. The number of carbonyl (C=O) groups is 3. The molecule has 74 heavy (non-hydrogen) atoms. The fourth-order valence-electron chi connectivity index (χ4n) is 12.5. The standard InChI is InChI=1S/C64H70N5O4P/c1-3-4-36-65-59-35-34-56-61-57(59)41-50(48-17-16-18-49(40-48)62-55-33-31-47-29-27-45(43-70)26-28-46(47)30-32-54(55)44(2)67-68-62)42-58(61)64(73)69(63(56)72)38-37-66-60(71)25-14-15-39-74(51-19-8-5-9-20-51,52-21-10-6-11-22-52)53-23-12-7-13-24-53/h5-13,16-24,34-35,40-42,45-47,70H,3-4,14-15,25-33,36-39,43H2,1-2H3,(H-,65,66,71,72,73)/p+1/t45-,46+,47-/m0/s1. The van der Waals surface area contributed by atoms with Crippen LogP contribution in [0.15, 0.2) is 140 Å². The van der Waals surface area contributed by atoms with Crippen molar-refractivity contribution in [3.05, 3.63) is 167 Å². The number of benzene rings is 6. The van der Waals surface area contributed by atoms with Crippen LogP contribution in [0.3, 0.4) is 0 Å². The van der Waals surface area contributed by atoms with E-state index in [1.165, 1.54) is 44.8 Å². The summed E-state index contributed by atoms with van der Waals surface area (Å²) in [5, 5.41) is 31.8. The molecule has 0 saturated heterocycles. The number of unbranched alkanes of at least 4 members (excludes halogenated alkanes) is 2. The number of aromatic nitrogens is 2. The Morgan fingerprint density at radius 3 is 1.93 bits per heavy atom. The molecular formula is C64H71N5O4P+. The first-order valence-corrected chi connectivity index (χ1v) is 29.3. The van der Waals surface area contributed by atoms with Crippen molar-refractivity contribution >= 4 is 57.4 Å². The van der Waals surface area contributed by atoms with Gasteiger partial charge in [-0.15, -0.1) is 5.10 Å². The number of nitrogens with one attached hydrogen (secondary N) is 2. The molecule has 3 atom stereocenters. The van der Waals surface area contributed by atoms with Crippen LogP contribution < -0.4 is 26.5 Å². The zero-order valence-corrected chi connectivity index (χ0v) is 44.1. The van der Waals surface area contributed by atoms with E-state index in [0.717, 1.165) is 110 Å². The molecule has 2 aliphatic carbocycles. The molecule has 0 spiro atoms. The van der Waals surface area contributed by atoms with Gasteiger partial charge in [-0.25, -0.2) is 0 Å². The van der Waals surface area contributed by atoms with Crippen molar-refractivity contribution < 1.29 is 19.5 Å². The maximum atomic E-state index is 14.7. The molecule has 0 bridgehead atoms. The minimum atomic E-state index is -2.01. The molecule has 3 aliphatic rings. The third-order valence-corrected chi connectivity index (χ3v) is 21.0. The van der Waals surface area contributed by atoms with Crippen LogP contribution in [-0.2, 0) is 17.6 Å². The van der Waals surface area contributed by atoms with Gasteiger partial charge in [0.25, 0.3) is 11.8 Å². The van der Waals surface area contributed by atoms with Crippen molar-refractivity contribution in [1.29, 1.82) is 0 Å². The Morgan fingerprint density at radius 1 is 0.649 bits per heavy atom. The van der Waals surface area contributed by atoms with E-state index in [4.69, 9.17) is 10.2 Å². The van der Waals surface area contributed by atoms with E-state index in [1.807, 2.05) is 18.2 Å². The zero-order chi connectivity index (χ0) is 51.0. The summed E-state index contributed by atoms with van der Waals surface area (Å²) in [6.45, 7) is 5.54. The first-order valence-electron chi connectivity index (χ1n) is 27.4. The summed E-state index contributed by atoms with van der Waals surface area (Å²) in [6.07, 6.45) is 13.6. The number of nitrogens with zero attached hydrogens (tertiary/aromatic N) is 3. The lowest BCUT2D eigenvalue weighted by Crippen LogP contribution is -2.44. The van der Waals surface area contributed by atoms with Crippen molar-refractivity contribution in [2.75, 3.05) is 37.7 Å². The Hall–Kier alpha value is -6.54. The van der Waals surface area contributed by atoms with Crippen LogP contribution in [0.4, 0.5) is 5.69 Å². The number of imide groups is 1. The summed E-state index contributed by atoms with van der Waals surface area (Å²) in [7, 11) is -2.01. The average molecular weight is 1010 g/mol. The van der Waals surface area contributed by atoms with E-state index in [-0.39, 0.29) is 30.8 Å². The Balaban J connectivity index is 0.868. The summed E-state index contributed by atoms with van der Waals surface area (Å²) >= 11 is 0. The number of aliphatic hydroxyl groups is 1. The van der Waals surface area contributed by atoms with Crippen LogP contribution in [0.5, 0.6) is 0 Å². The van der Waals surface area contributed by atoms with Gasteiger partial charge in [-0.1, -0.05) is 86.1 Å². The Morgan fingerprint density at radius 2 is 1.28 bits per heavy atom. The molecule has 3 amide bonds. The molecule has 9 nitrogen and oxygen atoms in total. The number of anilines is 1. The number of hydrogen-bond donors (Lipinski definition) is 3. The van der Waals surface area contributed by atoms with E-state index < -0.39 is 7.26 Å². The third-order valence-electron chi connectivity index (χ3n) is 16.5. The lowest BCUT2D eigenvalue weighted by molar-refractivity contribution is -0.121. The number of aliphatic hydroxyl groups excluding tert-OH is 1. The highest BCUT2D eigenvalue weighted by molar-refractivity contribution is 7.95. The van der Waals surface area contributed by atoms with Crippen molar-refractivity contribution in [2.45, 2.75) is 97.3 Å². The fraction of sp³-hybridized carbons (Fsp3) is 0.359. The van der Waals surface area contributed by atoms with Crippen molar-refractivity contribution in [3.8, 4) is 22.4 Å². The number of aryl methyl sites for hydroxylation is 1. The topological polar surface area (TPSA) is 125 Å². The summed E-state index contributed by atoms with van der Waals surface area (Å²) in [5.74, 6) is 0.946. The van der Waals surface area contributed by atoms with E-state index >= 15 is 0 Å². The highest BCUT2D eigenvalue weighted by atomic mass is 31.2. The maximum Gasteiger partial charge on any atom is 0.261 e. The minimum Gasteiger partial charge on any atom is -0.396 e. The maximum absolute atomic E-state index is 14.7. The molecule has 6 aromatic carbocycles. The average Bonchev–Trinajstić information content (AvgIpc) is 3.63. The van der Waals surface area contributed by atoms with E-state index in [0.29, 0.717) is 53.7 Å². The second-order valence-electron chi connectivity index (χ2n) is 21.0. The molecule has 0 radical (unpaired) electrons. The minimum absolute atomic E-state index is 0.0615. The number of hydrogen-bond acceptors (Lipinski definition) is 7. The second kappa shape index (κ2) is 23.3. The summed E-state index contributed by atoms with van der Waals surface area (Å²) in [6, 6.07) is 48.8. The predicted molar refractivity (Wildman–Crippen MR) is 303 cm³/mol. The first-order chi connectivity index (χ1) is 36.3. The highest BCUT2D eigenvalue weighted by Gasteiger charge is 2.44. The van der Waals surface area contributed by atoms with Crippen LogP contribution in [-0.4, -0.2) is 70.3 Å². The van der Waals surface area contributed by atoms with Gasteiger partial charge >= 0.3 is 0 Å². The molecule has 10 rings (SSSR count). The highest BCUT2D eigenvalue weighted by Crippen LogP contribution is 2.56. The molecule has 2 heterocycles. The largest absolute Gasteiger partial charge is 0.396 e. The summed E-state index contributed by atoms with van der Waals surface area (Å²) in [5.41, 5.74) is 9.24. The molecule has 3 N–H and O–H groups in total. The van der Waals surface area contributed by atoms with Crippen molar-refractivity contribution in [2.24, 2.45) is 17.8 Å². The van der Waals surface area contributed by atoms with Gasteiger partial charge in [-0.3, -0.25) is 19.3 Å². The SMILES string of the molecule is CCCCNc1ccc2c3c(cc(-c4cccc(-c5nnc(C)c6c5CC[C@@H]5CC[C@@H](CO)CC[C@@H]5CC6)c4)cc13)C(=O)N(CCNC(=O)CCCC[P+](c1ccccc1)(c1ccccc1)c1ccccc1)C2=O. The molecule has 1 fully saturated rings. The number of fused-ring (bicyclic) bond motifs is 2. The van der Waals surface area contributed by atoms with E-state index in [9.17, 15) is 19.5 Å². The number of rotatable bonds is 18. The summed E-state index contributed by atoms with van der Waals surface area (Å²) < 4.78 is 0. The van der Waals surface area contributed by atoms with E-state index in [2.05, 4.69) is 146 Å². The van der Waals surface area contributed by atoms with Gasteiger partial charge in [-0.2, -0.15) is 5.10 Å². The van der Waals surface area contributed by atoms with Crippen molar-refractivity contribution in [1.82, 2.24) is 20.4 Å². The van der Waals surface area contributed by atoms with Gasteiger partial charge in [0.15, 0.2) is 0 Å². The second-order valence-corrected chi connectivity index (χ2v) is 24.6. The summed E-state index contributed by atoms with van der Waals surface area (Å²) in [4.78, 5) is 43.9. The number of carbonyl (C=O) groups excluding carboxylic acids is 3. The van der Waals surface area contributed by atoms with E-state index in [1.54, 1.807) is 0 Å². The molecule has 0 unspecified atom stereocenters. The van der Waals surface area contributed by atoms with Gasteiger partial charge in [0, 0.05) is 65.8 Å².